The van der Waals surface area contributed by atoms with Gasteiger partial charge in [-0.25, -0.2) is 0 Å². The summed E-state index contributed by atoms with van der Waals surface area (Å²) in [7, 11) is 2.16. The average Bonchev–Trinajstić information content (AvgIpc) is 2.51. The van der Waals surface area contributed by atoms with Crippen molar-refractivity contribution in [3.63, 3.8) is 0 Å². The first-order valence-electron chi connectivity index (χ1n) is 6.08. The van der Waals surface area contributed by atoms with Gasteiger partial charge in [-0.2, -0.15) is 4.58 Å². The molecule has 90 valence electrons. The maximum Gasteiger partial charge on any atom is 0.209 e. The first kappa shape index (κ1) is 12.4. The predicted molar refractivity (Wildman–Crippen MR) is 77.6 cm³/mol. The van der Waals surface area contributed by atoms with Crippen molar-refractivity contribution in [2.75, 3.05) is 12.8 Å². The molecule has 0 amide bonds. The molecule has 1 aliphatic heterocycles. The summed E-state index contributed by atoms with van der Waals surface area (Å²) in [6.07, 6.45) is 2.26. The van der Waals surface area contributed by atoms with Gasteiger partial charge in [0, 0.05) is 17.7 Å². The lowest BCUT2D eigenvalue weighted by Crippen LogP contribution is -2.26. The Labute approximate surface area is 108 Å². The molecule has 0 radical (unpaired) electrons. The van der Waals surface area contributed by atoms with Crippen LogP contribution in [0.2, 0.25) is 0 Å². The number of thioether (sulfide) groups is 1. The van der Waals surface area contributed by atoms with E-state index in [0.29, 0.717) is 0 Å². The molecule has 1 aliphatic rings. The second-order valence-electron chi connectivity index (χ2n) is 4.84. The van der Waals surface area contributed by atoms with Crippen LogP contribution in [0.3, 0.4) is 0 Å². The van der Waals surface area contributed by atoms with E-state index in [1.807, 2.05) is 11.8 Å². The highest BCUT2D eigenvalue weighted by atomic mass is 32.2. The molecule has 0 unspecified atom stereocenters. The van der Waals surface area contributed by atoms with Gasteiger partial charge in [0.05, 0.1) is 5.41 Å². The number of hydrogen-bond donors (Lipinski definition) is 0. The molecule has 1 heterocycles. The Balaban J connectivity index is 2.45. The van der Waals surface area contributed by atoms with Gasteiger partial charge in [-0.05, 0) is 25.0 Å². The second kappa shape index (κ2) is 4.69. The SMILES string of the molecule is CCSC=CC1=[N+](C)c2ccccc2C1(C)C. The molecule has 0 spiro atoms. The number of nitrogens with zero attached hydrogens (tertiary/aromatic N) is 1. The molecular weight excluding hydrogens is 226 g/mol. The highest BCUT2D eigenvalue weighted by molar-refractivity contribution is 8.02. The Bertz CT molecular complexity index is 483. The molecule has 0 bridgehead atoms. The average molecular weight is 246 g/mol. The molecule has 1 aromatic carbocycles. The van der Waals surface area contributed by atoms with Crippen molar-refractivity contribution in [2.24, 2.45) is 0 Å². The third-order valence-corrected chi connectivity index (χ3v) is 4.09. The van der Waals surface area contributed by atoms with Crippen LogP contribution in [0.4, 0.5) is 5.69 Å². The van der Waals surface area contributed by atoms with Crippen LogP contribution in [0.1, 0.15) is 26.3 Å². The fraction of sp³-hybridized carbons (Fsp3) is 0.400. The molecule has 17 heavy (non-hydrogen) atoms. The molecule has 2 rings (SSSR count). The van der Waals surface area contributed by atoms with E-state index in [4.69, 9.17) is 0 Å². The Morgan fingerprint density at radius 3 is 2.65 bits per heavy atom. The molecule has 0 fully saturated rings. The normalized spacial score (nSPS) is 17.9. The van der Waals surface area contributed by atoms with E-state index in [2.05, 4.69) is 68.1 Å². The smallest absolute Gasteiger partial charge is 0.198 e. The predicted octanol–water partition coefficient (Wildman–Crippen LogP) is 3.96. The molecule has 1 nitrogen and oxygen atoms in total. The van der Waals surface area contributed by atoms with Gasteiger partial charge in [0.1, 0.15) is 7.05 Å². The summed E-state index contributed by atoms with van der Waals surface area (Å²) in [6, 6.07) is 8.67. The van der Waals surface area contributed by atoms with Gasteiger partial charge in [0.2, 0.25) is 5.69 Å². The fourth-order valence-corrected chi connectivity index (χ4v) is 2.93. The van der Waals surface area contributed by atoms with Crippen LogP contribution < -0.4 is 0 Å². The van der Waals surface area contributed by atoms with Crippen molar-refractivity contribution in [1.82, 2.24) is 0 Å². The van der Waals surface area contributed by atoms with Crippen molar-refractivity contribution in [3.05, 3.63) is 41.3 Å². The molecule has 0 saturated carbocycles. The van der Waals surface area contributed by atoms with Gasteiger partial charge >= 0.3 is 0 Å². The Morgan fingerprint density at radius 1 is 1.29 bits per heavy atom. The maximum absolute atomic E-state index is 2.31. The summed E-state index contributed by atoms with van der Waals surface area (Å²) < 4.78 is 2.31. The van der Waals surface area contributed by atoms with Crippen LogP contribution in [-0.4, -0.2) is 23.1 Å². The molecule has 0 N–H and O–H groups in total. The molecule has 2 heteroatoms. The Kier molecular flexibility index (Phi) is 3.43. The van der Waals surface area contributed by atoms with Gasteiger partial charge < -0.3 is 0 Å². The summed E-state index contributed by atoms with van der Waals surface area (Å²) in [5.41, 5.74) is 4.23. The zero-order valence-corrected chi connectivity index (χ0v) is 11.8. The van der Waals surface area contributed by atoms with Crippen LogP contribution in [0.5, 0.6) is 0 Å². The summed E-state index contributed by atoms with van der Waals surface area (Å²) in [6.45, 7) is 6.77. The van der Waals surface area contributed by atoms with E-state index in [1.165, 1.54) is 17.0 Å². The van der Waals surface area contributed by atoms with Crippen LogP contribution in [0, 0.1) is 0 Å². The van der Waals surface area contributed by atoms with Crippen molar-refractivity contribution >= 4 is 23.2 Å². The summed E-state index contributed by atoms with van der Waals surface area (Å²) >= 11 is 1.85. The number of fused-ring (bicyclic) bond motifs is 1. The lowest BCUT2D eigenvalue weighted by Gasteiger charge is -2.14. The third-order valence-electron chi connectivity index (χ3n) is 3.43. The number of allylic oxidation sites excluding steroid dienone is 1. The molecule has 0 aliphatic carbocycles. The zero-order valence-electron chi connectivity index (χ0n) is 11.0. The molecule has 1 aromatic rings. The summed E-state index contributed by atoms with van der Waals surface area (Å²) in [5, 5.41) is 2.21. The van der Waals surface area contributed by atoms with Crippen LogP contribution in [-0.2, 0) is 5.41 Å². The van der Waals surface area contributed by atoms with E-state index in [9.17, 15) is 0 Å². The van der Waals surface area contributed by atoms with Gasteiger partial charge in [0.25, 0.3) is 0 Å². The summed E-state index contributed by atoms with van der Waals surface area (Å²) in [4.78, 5) is 0. The second-order valence-corrected chi connectivity index (χ2v) is 6.03. The van der Waals surface area contributed by atoms with Crippen LogP contribution in [0.15, 0.2) is 35.7 Å². The van der Waals surface area contributed by atoms with Crippen LogP contribution in [0.25, 0.3) is 0 Å². The highest BCUT2D eigenvalue weighted by Gasteiger charge is 2.42. The van der Waals surface area contributed by atoms with Gasteiger partial charge in [0.15, 0.2) is 5.71 Å². The maximum atomic E-state index is 2.31. The van der Waals surface area contributed by atoms with Gasteiger partial charge in [-0.3, -0.25) is 0 Å². The number of para-hydroxylation sites is 1. The number of benzene rings is 1. The molecular formula is C15H20NS+. The van der Waals surface area contributed by atoms with Gasteiger partial charge in [-0.15, -0.1) is 11.8 Å². The van der Waals surface area contributed by atoms with Crippen molar-refractivity contribution in [2.45, 2.75) is 26.2 Å². The monoisotopic (exact) mass is 246 g/mol. The minimum Gasteiger partial charge on any atom is -0.198 e. The standard InChI is InChI=1S/C15H20NS/c1-5-17-11-10-14-15(2,3)12-8-6-7-9-13(12)16(14)4/h6-11H,5H2,1-4H3/q+1. The third kappa shape index (κ3) is 2.06. The van der Waals surface area contributed by atoms with Gasteiger partial charge in [-0.1, -0.05) is 25.1 Å². The van der Waals surface area contributed by atoms with E-state index >= 15 is 0 Å². The summed E-state index contributed by atoms with van der Waals surface area (Å²) in [5.74, 6) is 1.13. The fourth-order valence-electron chi connectivity index (χ4n) is 2.51. The molecule has 0 aromatic heterocycles. The lowest BCUT2D eigenvalue weighted by atomic mass is 9.82. The quantitative estimate of drug-likeness (QED) is 0.730. The molecule has 0 atom stereocenters. The Morgan fingerprint density at radius 2 is 2.00 bits per heavy atom. The number of hydrogen-bond acceptors (Lipinski definition) is 1. The largest absolute Gasteiger partial charge is 0.209 e. The van der Waals surface area contributed by atoms with Crippen molar-refractivity contribution < 1.29 is 4.58 Å². The van der Waals surface area contributed by atoms with E-state index in [1.54, 1.807) is 0 Å². The molecule has 0 saturated heterocycles. The first-order chi connectivity index (χ1) is 8.09. The minimum absolute atomic E-state index is 0.107. The first-order valence-corrected chi connectivity index (χ1v) is 7.12. The topological polar surface area (TPSA) is 3.01 Å². The highest BCUT2D eigenvalue weighted by Crippen LogP contribution is 2.39. The zero-order chi connectivity index (χ0) is 12.5. The lowest BCUT2D eigenvalue weighted by molar-refractivity contribution is -0.401. The van der Waals surface area contributed by atoms with E-state index in [0.717, 1.165) is 5.75 Å². The number of rotatable bonds is 3. The van der Waals surface area contributed by atoms with Crippen molar-refractivity contribution in [3.8, 4) is 0 Å². The van der Waals surface area contributed by atoms with E-state index < -0.39 is 0 Å². The van der Waals surface area contributed by atoms with Crippen molar-refractivity contribution in [1.29, 1.82) is 0 Å². The Hall–Kier alpha value is -1.02. The minimum atomic E-state index is 0.107. The van der Waals surface area contributed by atoms with E-state index in [-0.39, 0.29) is 5.41 Å². The van der Waals surface area contributed by atoms with Crippen LogP contribution >= 0.6 is 11.8 Å².